The van der Waals surface area contributed by atoms with Crippen LogP contribution in [-0.4, -0.2) is 19.7 Å². The average molecular weight is 307 g/mol. The first-order valence-corrected chi connectivity index (χ1v) is 6.55. The SMILES string of the molecule is CC(C)CNCCOc1ccc(Br)cc1Cl. The lowest BCUT2D eigenvalue weighted by Gasteiger charge is -2.10. The Bertz CT molecular complexity index is 331. The molecular formula is C12H17BrClNO. The van der Waals surface area contributed by atoms with Crippen molar-refractivity contribution in [3.63, 3.8) is 0 Å². The van der Waals surface area contributed by atoms with Crippen molar-refractivity contribution < 1.29 is 4.74 Å². The highest BCUT2D eigenvalue weighted by Gasteiger charge is 2.01. The summed E-state index contributed by atoms with van der Waals surface area (Å²) in [6, 6.07) is 5.62. The highest BCUT2D eigenvalue weighted by molar-refractivity contribution is 9.10. The summed E-state index contributed by atoms with van der Waals surface area (Å²) >= 11 is 9.37. The minimum atomic E-state index is 0.633. The maximum absolute atomic E-state index is 6.02. The Hall–Kier alpha value is -0.250. The predicted octanol–water partition coefficient (Wildman–Crippen LogP) is 3.73. The number of benzene rings is 1. The third kappa shape index (κ3) is 5.19. The van der Waals surface area contributed by atoms with Crippen molar-refractivity contribution in [2.24, 2.45) is 5.92 Å². The van der Waals surface area contributed by atoms with Crippen molar-refractivity contribution in [2.75, 3.05) is 19.7 Å². The Labute approximate surface area is 110 Å². The summed E-state index contributed by atoms with van der Waals surface area (Å²) in [5.41, 5.74) is 0. The van der Waals surface area contributed by atoms with E-state index in [2.05, 4.69) is 35.1 Å². The van der Waals surface area contributed by atoms with Crippen molar-refractivity contribution in [1.29, 1.82) is 0 Å². The van der Waals surface area contributed by atoms with Crippen molar-refractivity contribution >= 4 is 27.5 Å². The van der Waals surface area contributed by atoms with Gasteiger partial charge in [-0.25, -0.2) is 0 Å². The molecular weight excluding hydrogens is 289 g/mol. The first-order valence-electron chi connectivity index (χ1n) is 5.38. The largest absolute Gasteiger partial charge is 0.491 e. The van der Waals surface area contributed by atoms with Gasteiger partial charge < -0.3 is 10.1 Å². The van der Waals surface area contributed by atoms with Gasteiger partial charge in [-0.1, -0.05) is 41.4 Å². The van der Waals surface area contributed by atoms with Gasteiger partial charge in [0.15, 0.2) is 0 Å². The summed E-state index contributed by atoms with van der Waals surface area (Å²) in [5, 5.41) is 3.95. The fourth-order valence-electron chi connectivity index (χ4n) is 1.22. The molecule has 0 atom stereocenters. The second-order valence-corrected chi connectivity index (χ2v) is 5.34. The molecule has 0 amide bonds. The number of rotatable bonds is 6. The second-order valence-electron chi connectivity index (χ2n) is 4.02. The Kier molecular flexibility index (Phi) is 6.17. The molecule has 0 bridgehead atoms. The second kappa shape index (κ2) is 7.15. The Morgan fingerprint density at radius 1 is 1.44 bits per heavy atom. The van der Waals surface area contributed by atoms with Crippen LogP contribution in [0.2, 0.25) is 5.02 Å². The monoisotopic (exact) mass is 305 g/mol. The molecule has 0 fully saturated rings. The zero-order valence-electron chi connectivity index (χ0n) is 9.59. The molecule has 90 valence electrons. The molecule has 1 aromatic carbocycles. The van der Waals surface area contributed by atoms with Gasteiger partial charge in [0.2, 0.25) is 0 Å². The van der Waals surface area contributed by atoms with E-state index in [0.29, 0.717) is 17.5 Å². The molecule has 0 radical (unpaired) electrons. The number of hydrogen-bond donors (Lipinski definition) is 1. The van der Waals surface area contributed by atoms with Gasteiger partial charge >= 0.3 is 0 Å². The lowest BCUT2D eigenvalue weighted by atomic mass is 10.2. The van der Waals surface area contributed by atoms with E-state index in [1.165, 1.54) is 0 Å². The first-order chi connectivity index (χ1) is 7.59. The molecule has 0 saturated carbocycles. The van der Waals surface area contributed by atoms with Crippen molar-refractivity contribution in [1.82, 2.24) is 5.32 Å². The van der Waals surface area contributed by atoms with Gasteiger partial charge in [-0.05, 0) is 30.7 Å². The molecule has 1 N–H and O–H groups in total. The van der Waals surface area contributed by atoms with Gasteiger partial charge in [0, 0.05) is 11.0 Å². The van der Waals surface area contributed by atoms with Crippen LogP contribution < -0.4 is 10.1 Å². The molecule has 0 aromatic heterocycles. The third-order valence-corrected chi connectivity index (χ3v) is 2.77. The van der Waals surface area contributed by atoms with E-state index in [-0.39, 0.29) is 0 Å². The van der Waals surface area contributed by atoms with Crippen LogP contribution in [0.25, 0.3) is 0 Å². The normalized spacial score (nSPS) is 10.8. The zero-order valence-corrected chi connectivity index (χ0v) is 11.9. The topological polar surface area (TPSA) is 21.3 Å². The lowest BCUT2D eigenvalue weighted by Crippen LogP contribution is -2.24. The third-order valence-electron chi connectivity index (χ3n) is 1.98. The molecule has 1 rings (SSSR count). The standard InChI is InChI=1S/C12H17BrClNO/c1-9(2)8-15-5-6-16-12-4-3-10(13)7-11(12)14/h3-4,7,9,15H,5-6,8H2,1-2H3. The summed E-state index contributed by atoms with van der Waals surface area (Å²) in [6.45, 7) is 6.84. The van der Waals surface area contributed by atoms with Crippen LogP contribution in [0.5, 0.6) is 5.75 Å². The van der Waals surface area contributed by atoms with Crippen LogP contribution in [0.3, 0.4) is 0 Å². The van der Waals surface area contributed by atoms with Crippen LogP contribution in [0.1, 0.15) is 13.8 Å². The molecule has 16 heavy (non-hydrogen) atoms. The van der Waals surface area contributed by atoms with Gasteiger partial charge in [-0.15, -0.1) is 0 Å². The molecule has 0 aliphatic carbocycles. The summed E-state index contributed by atoms with van der Waals surface area (Å²) in [4.78, 5) is 0. The molecule has 0 aliphatic rings. The maximum atomic E-state index is 6.02. The van der Waals surface area contributed by atoms with Gasteiger partial charge in [0.1, 0.15) is 12.4 Å². The predicted molar refractivity (Wildman–Crippen MR) is 72.4 cm³/mol. The Morgan fingerprint density at radius 2 is 2.19 bits per heavy atom. The average Bonchev–Trinajstić information content (AvgIpc) is 2.20. The van der Waals surface area contributed by atoms with Crippen molar-refractivity contribution in [3.05, 3.63) is 27.7 Å². The fourth-order valence-corrected chi connectivity index (χ4v) is 1.94. The van der Waals surface area contributed by atoms with Crippen LogP contribution in [0, 0.1) is 5.92 Å². The fraction of sp³-hybridized carbons (Fsp3) is 0.500. The smallest absolute Gasteiger partial charge is 0.138 e. The minimum absolute atomic E-state index is 0.633. The van der Waals surface area contributed by atoms with Crippen LogP contribution in [0.4, 0.5) is 0 Å². The summed E-state index contributed by atoms with van der Waals surface area (Å²) in [5.74, 6) is 1.40. The first kappa shape index (κ1) is 13.8. The highest BCUT2D eigenvalue weighted by atomic mass is 79.9. The quantitative estimate of drug-likeness (QED) is 0.809. The van der Waals surface area contributed by atoms with Gasteiger partial charge in [-0.2, -0.15) is 0 Å². The number of ether oxygens (including phenoxy) is 1. The summed E-state index contributed by atoms with van der Waals surface area (Å²) < 4.78 is 6.52. The van der Waals surface area contributed by atoms with Crippen LogP contribution >= 0.6 is 27.5 Å². The molecule has 0 unspecified atom stereocenters. The minimum Gasteiger partial charge on any atom is -0.491 e. The zero-order chi connectivity index (χ0) is 12.0. The van der Waals surface area contributed by atoms with Gasteiger partial charge in [-0.3, -0.25) is 0 Å². The van der Waals surface area contributed by atoms with E-state index in [9.17, 15) is 0 Å². The van der Waals surface area contributed by atoms with E-state index in [0.717, 1.165) is 23.3 Å². The van der Waals surface area contributed by atoms with E-state index in [4.69, 9.17) is 16.3 Å². The maximum Gasteiger partial charge on any atom is 0.138 e. The van der Waals surface area contributed by atoms with E-state index >= 15 is 0 Å². The molecule has 0 aliphatic heterocycles. The number of halogens is 2. The lowest BCUT2D eigenvalue weighted by molar-refractivity contribution is 0.311. The van der Waals surface area contributed by atoms with E-state index in [1.54, 1.807) is 0 Å². The van der Waals surface area contributed by atoms with Gasteiger partial charge in [0.25, 0.3) is 0 Å². The Balaban J connectivity index is 2.27. The number of hydrogen-bond acceptors (Lipinski definition) is 2. The molecule has 0 heterocycles. The molecule has 1 aromatic rings. The van der Waals surface area contributed by atoms with Crippen molar-refractivity contribution in [2.45, 2.75) is 13.8 Å². The summed E-state index contributed by atoms with van der Waals surface area (Å²) in [7, 11) is 0. The molecule has 4 heteroatoms. The number of nitrogens with one attached hydrogen (secondary N) is 1. The molecule has 2 nitrogen and oxygen atoms in total. The van der Waals surface area contributed by atoms with Crippen molar-refractivity contribution in [3.8, 4) is 5.75 Å². The summed E-state index contributed by atoms with van der Waals surface area (Å²) in [6.07, 6.45) is 0. The molecule has 0 spiro atoms. The van der Waals surface area contributed by atoms with Gasteiger partial charge in [0.05, 0.1) is 5.02 Å². The van der Waals surface area contributed by atoms with Crippen LogP contribution in [0.15, 0.2) is 22.7 Å². The Morgan fingerprint density at radius 3 is 2.81 bits per heavy atom. The molecule has 0 saturated heterocycles. The van der Waals surface area contributed by atoms with Crippen LogP contribution in [-0.2, 0) is 0 Å². The van der Waals surface area contributed by atoms with E-state index in [1.807, 2.05) is 18.2 Å². The highest BCUT2D eigenvalue weighted by Crippen LogP contribution is 2.27. The van der Waals surface area contributed by atoms with E-state index < -0.39 is 0 Å².